The van der Waals surface area contributed by atoms with Crippen LogP contribution in [0.1, 0.15) is 56.2 Å². The van der Waals surface area contributed by atoms with Gasteiger partial charge in [0.1, 0.15) is 0 Å². The van der Waals surface area contributed by atoms with Gasteiger partial charge in [0.2, 0.25) is 5.91 Å². The highest BCUT2D eigenvalue weighted by Gasteiger charge is 2.32. The van der Waals surface area contributed by atoms with Crippen molar-refractivity contribution >= 4 is 5.91 Å². The second kappa shape index (κ2) is 6.98. The quantitative estimate of drug-likeness (QED) is 0.925. The van der Waals surface area contributed by atoms with E-state index in [1.54, 1.807) is 12.1 Å². The summed E-state index contributed by atoms with van der Waals surface area (Å²) in [6, 6.07) is 5.82. The highest BCUT2D eigenvalue weighted by Crippen LogP contribution is 2.31. The Labute approximate surface area is 124 Å². The summed E-state index contributed by atoms with van der Waals surface area (Å²) in [7, 11) is 0. The van der Waals surface area contributed by atoms with Crippen LogP contribution in [0.5, 0.6) is 0 Å². The molecule has 1 aromatic carbocycles. The molecule has 1 fully saturated rings. The molecule has 0 radical (unpaired) electrons. The molecule has 1 aliphatic heterocycles. The van der Waals surface area contributed by atoms with Crippen molar-refractivity contribution in [3.05, 3.63) is 35.4 Å². The molecular weight excluding hydrogens is 274 g/mol. The van der Waals surface area contributed by atoms with E-state index < -0.39 is 6.43 Å². The average Bonchev–Trinajstić information content (AvgIpc) is 2.59. The fraction of sp³-hybridized carbons (Fsp3) is 0.562. The number of benzene rings is 1. The van der Waals surface area contributed by atoms with E-state index in [-0.39, 0.29) is 23.6 Å². The zero-order chi connectivity index (χ0) is 15.4. The van der Waals surface area contributed by atoms with Gasteiger partial charge in [-0.2, -0.15) is 0 Å². The van der Waals surface area contributed by atoms with E-state index in [0.717, 1.165) is 24.8 Å². The van der Waals surface area contributed by atoms with Gasteiger partial charge in [0, 0.05) is 24.6 Å². The van der Waals surface area contributed by atoms with E-state index in [9.17, 15) is 13.6 Å². The number of nitrogens with two attached hydrogens (primary N) is 1. The van der Waals surface area contributed by atoms with E-state index in [0.29, 0.717) is 13.0 Å². The summed E-state index contributed by atoms with van der Waals surface area (Å²) in [6.45, 7) is 2.66. The van der Waals surface area contributed by atoms with Gasteiger partial charge in [-0.05, 0) is 24.8 Å². The molecule has 0 spiro atoms. The number of hydrogen-bond donors (Lipinski definition) is 1. The Balaban J connectivity index is 2.32. The lowest BCUT2D eigenvalue weighted by atomic mass is 9.95. The maximum absolute atomic E-state index is 12.7. The highest BCUT2D eigenvalue weighted by molar-refractivity contribution is 5.77. The predicted molar refractivity (Wildman–Crippen MR) is 78.0 cm³/mol. The van der Waals surface area contributed by atoms with Crippen LogP contribution >= 0.6 is 0 Å². The van der Waals surface area contributed by atoms with Crippen LogP contribution < -0.4 is 5.73 Å². The Kier molecular flexibility index (Phi) is 5.28. The second-order valence-electron chi connectivity index (χ2n) is 5.56. The lowest BCUT2D eigenvalue weighted by Gasteiger charge is -2.34. The Bertz CT molecular complexity index is 476. The van der Waals surface area contributed by atoms with Crippen LogP contribution in [0.2, 0.25) is 0 Å². The number of rotatable bonds is 4. The van der Waals surface area contributed by atoms with Gasteiger partial charge in [0.05, 0.1) is 6.04 Å². The molecule has 116 valence electrons. The molecule has 0 bridgehead atoms. The number of halogens is 2. The normalized spacial score (nSPS) is 23.5. The van der Waals surface area contributed by atoms with Crippen molar-refractivity contribution in [1.29, 1.82) is 0 Å². The topological polar surface area (TPSA) is 46.3 Å². The number of carbonyl (C=O) groups excluding carboxylic acids is 1. The van der Waals surface area contributed by atoms with Crippen molar-refractivity contribution in [1.82, 2.24) is 4.90 Å². The molecule has 21 heavy (non-hydrogen) atoms. The summed E-state index contributed by atoms with van der Waals surface area (Å²) in [6.07, 6.45) is 0.442. The molecule has 1 aromatic rings. The summed E-state index contributed by atoms with van der Waals surface area (Å²) < 4.78 is 25.3. The minimum atomic E-state index is -2.48. The van der Waals surface area contributed by atoms with Gasteiger partial charge in [0.15, 0.2) is 0 Å². The Morgan fingerprint density at radius 2 is 2.00 bits per heavy atom. The first-order valence-electron chi connectivity index (χ1n) is 7.47. The van der Waals surface area contributed by atoms with Gasteiger partial charge >= 0.3 is 0 Å². The Morgan fingerprint density at radius 3 is 2.57 bits per heavy atom. The third-order valence-corrected chi connectivity index (χ3v) is 3.98. The number of hydrogen-bond acceptors (Lipinski definition) is 2. The fourth-order valence-electron chi connectivity index (χ4n) is 2.95. The molecule has 1 saturated heterocycles. The first-order chi connectivity index (χ1) is 10.0. The van der Waals surface area contributed by atoms with E-state index in [4.69, 9.17) is 5.73 Å². The molecular formula is C16H22F2N2O. The molecule has 1 aliphatic rings. The van der Waals surface area contributed by atoms with Crippen molar-refractivity contribution in [3.63, 3.8) is 0 Å². The molecule has 0 aliphatic carbocycles. The van der Waals surface area contributed by atoms with Crippen LogP contribution in [0.4, 0.5) is 8.78 Å². The lowest BCUT2D eigenvalue weighted by molar-refractivity contribution is -0.133. The average molecular weight is 296 g/mol. The third-order valence-electron chi connectivity index (χ3n) is 3.98. The van der Waals surface area contributed by atoms with E-state index >= 15 is 0 Å². The second-order valence-corrected chi connectivity index (χ2v) is 5.56. The van der Waals surface area contributed by atoms with Crippen LogP contribution in [0, 0.1) is 0 Å². The zero-order valence-electron chi connectivity index (χ0n) is 12.3. The standard InChI is InChI=1S/C16H22F2N2O/c1-2-10-20-14(21)5-3-4-13(19)15(20)11-6-8-12(9-7-11)16(17)18/h6-9,13,15-16H,2-5,10,19H2,1H3. The molecule has 5 heteroatoms. The van der Waals surface area contributed by atoms with Gasteiger partial charge < -0.3 is 10.6 Å². The summed E-state index contributed by atoms with van der Waals surface area (Å²) in [4.78, 5) is 14.1. The summed E-state index contributed by atoms with van der Waals surface area (Å²) in [5, 5.41) is 0. The zero-order valence-corrected chi connectivity index (χ0v) is 12.3. The van der Waals surface area contributed by atoms with Crippen LogP contribution in [0.3, 0.4) is 0 Å². The van der Waals surface area contributed by atoms with Gasteiger partial charge in [-0.1, -0.05) is 31.2 Å². The van der Waals surface area contributed by atoms with Crippen LogP contribution in [0.15, 0.2) is 24.3 Å². The monoisotopic (exact) mass is 296 g/mol. The first kappa shape index (κ1) is 15.9. The van der Waals surface area contributed by atoms with Crippen LogP contribution in [-0.2, 0) is 4.79 Å². The molecule has 2 atom stereocenters. The van der Waals surface area contributed by atoms with Crippen molar-refractivity contribution in [2.45, 2.75) is 51.1 Å². The molecule has 2 N–H and O–H groups in total. The van der Waals surface area contributed by atoms with Crippen LogP contribution in [-0.4, -0.2) is 23.4 Å². The summed E-state index contributed by atoms with van der Waals surface area (Å²) in [5.41, 5.74) is 7.09. The minimum Gasteiger partial charge on any atom is -0.334 e. The molecule has 2 rings (SSSR count). The molecule has 1 amide bonds. The van der Waals surface area contributed by atoms with Crippen molar-refractivity contribution in [2.24, 2.45) is 5.73 Å². The summed E-state index contributed by atoms with van der Waals surface area (Å²) in [5.74, 6) is 0.104. The summed E-state index contributed by atoms with van der Waals surface area (Å²) >= 11 is 0. The first-order valence-corrected chi connectivity index (χ1v) is 7.47. The number of amides is 1. The molecule has 0 saturated carbocycles. The van der Waals surface area contributed by atoms with Gasteiger partial charge in [0.25, 0.3) is 6.43 Å². The molecule has 3 nitrogen and oxygen atoms in total. The lowest BCUT2D eigenvalue weighted by Crippen LogP contribution is -2.42. The molecule has 2 unspecified atom stereocenters. The number of nitrogens with zero attached hydrogens (tertiary/aromatic N) is 1. The predicted octanol–water partition coefficient (Wildman–Crippen LogP) is 3.42. The minimum absolute atomic E-state index is 0.00527. The van der Waals surface area contributed by atoms with E-state index in [1.807, 2.05) is 11.8 Å². The smallest absolute Gasteiger partial charge is 0.263 e. The Morgan fingerprint density at radius 1 is 1.33 bits per heavy atom. The molecule has 0 aromatic heterocycles. The number of carbonyl (C=O) groups is 1. The highest BCUT2D eigenvalue weighted by atomic mass is 19.3. The van der Waals surface area contributed by atoms with E-state index in [2.05, 4.69) is 0 Å². The van der Waals surface area contributed by atoms with Crippen molar-refractivity contribution in [3.8, 4) is 0 Å². The van der Waals surface area contributed by atoms with Gasteiger partial charge in [-0.25, -0.2) is 8.78 Å². The van der Waals surface area contributed by atoms with Crippen molar-refractivity contribution < 1.29 is 13.6 Å². The third kappa shape index (κ3) is 3.59. The maximum atomic E-state index is 12.7. The SMILES string of the molecule is CCCN1C(=O)CCCC(N)C1c1ccc(C(F)F)cc1. The van der Waals surface area contributed by atoms with E-state index in [1.165, 1.54) is 12.1 Å². The molecule has 1 heterocycles. The Hall–Kier alpha value is -1.49. The maximum Gasteiger partial charge on any atom is 0.263 e. The van der Waals surface area contributed by atoms with Crippen LogP contribution in [0.25, 0.3) is 0 Å². The number of alkyl halides is 2. The number of likely N-dealkylation sites (tertiary alicyclic amines) is 1. The fourth-order valence-corrected chi connectivity index (χ4v) is 2.95. The largest absolute Gasteiger partial charge is 0.334 e. The van der Waals surface area contributed by atoms with Gasteiger partial charge in [-0.3, -0.25) is 4.79 Å². The van der Waals surface area contributed by atoms with Gasteiger partial charge in [-0.15, -0.1) is 0 Å². The van der Waals surface area contributed by atoms with Crippen molar-refractivity contribution in [2.75, 3.05) is 6.54 Å².